The van der Waals surface area contributed by atoms with Crippen molar-refractivity contribution >= 4 is 0 Å². The molecule has 0 bridgehead atoms. The van der Waals surface area contributed by atoms with Crippen molar-refractivity contribution in [1.82, 2.24) is 0 Å². The molecule has 0 aromatic heterocycles. The van der Waals surface area contributed by atoms with Gasteiger partial charge in [0.05, 0.1) is 0 Å². The number of allylic oxidation sites excluding steroid dienone is 2. The molecule has 178 valence electrons. The number of hydrogen-bond donors (Lipinski definition) is 0. The van der Waals surface area contributed by atoms with Gasteiger partial charge in [-0.1, -0.05) is 78.7 Å². The second-order valence-electron chi connectivity index (χ2n) is 15.0. The van der Waals surface area contributed by atoms with E-state index in [1.54, 1.807) is 0 Å². The van der Waals surface area contributed by atoms with E-state index in [1.807, 2.05) is 0 Å². The quantitative estimate of drug-likeness (QED) is 0.252. The normalized spacial score (nSPS) is 58.2. The fourth-order valence-electron chi connectivity index (χ4n) is 10.6. The lowest BCUT2D eigenvalue weighted by atomic mass is 9.50. The van der Waals surface area contributed by atoms with Crippen molar-refractivity contribution in [3.05, 3.63) is 24.3 Å². The highest BCUT2D eigenvalue weighted by Gasteiger charge is 2.79. The van der Waals surface area contributed by atoms with Gasteiger partial charge in [0.2, 0.25) is 0 Å². The Morgan fingerprint density at radius 2 is 0.906 bits per heavy atom. The molecule has 32 heavy (non-hydrogen) atoms. The summed E-state index contributed by atoms with van der Waals surface area (Å²) in [6.45, 7) is 19.6. The number of hydrogen-bond acceptors (Lipinski definition) is 2. The summed E-state index contributed by atoms with van der Waals surface area (Å²) >= 11 is 0. The molecule has 2 unspecified atom stereocenters. The smallest absolute Gasteiger partial charge is 0.122 e. The predicted octanol–water partition coefficient (Wildman–Crippen LogP) is 8.04. The zero-order valence-electron chi connectivity index (χ0n) is 21.9. The molecule has 2 heteroatoms. The topological polar surface area (TPSA) is 18.5 Å². The van der Waals surface area contributed by atoms with Crippen LogP contribution in [0, 0.1) is 44.3 Å². The van der Waals surface area contributed by atoms with Gasteiger partial charge in [0.15, 0.2) is 0 Å². The Morgan fingerprint density at radius 1 is 0.531 bits per heavy atom. The van der Waals surface area contributed by atoms with E-state index in [2.05, 4.69) is 79.7 Å². The average molecular weight is 439 g/mol. The molecule has 0 aliphatic heterocycles. The highest BCUT2D eigenvalue weighted by Crippen LogP contribution is 2.82. The molecule has 0 aromatic rings. The van der Waals surface area contributed by atoms with Crippen LogP contribution < -0.4 is 0 Å². The first kappa shape index (κ1) is 21.9. The minimum absolute atomic E-state index is 0.311. The molecule has 6 aliphatic carbocycles. The van der Waals surface area contributed by atoms with Crippen molar-refractivity contribution < 1.29 is 9.78 Å². The molecule has 0 aromatic carbocycles. The van der Waals surface area contributed by atoms with Gasteiger partial charge in [0, 0.05) is 11.8 Å². The average Bonchev–Trinajstić information content (AvgIpc) is 3.58. The van der Waals surface area contributed by atoms with Crippen molar-refractivity contribution in [2.75, 3.05) is 0 Å². The van der Waals surface area contributed by atoms with E-state index in [9.17, 15) is 0 Å². The van der Waals surface area contributed by atoms with Crippen molar-refractivity contribution in [2.45, 2.75) is 118 Å². The maximum atomic E-state index is 6.59. The molecule has 4 fully saturated rings. The molecule has 6 aliphatic rings. The Morgan fingerprint density at radius 3 is 1.28 bits per heavy atom. The van der Waals surface area contributed by atoms with Gasteiger partial charge in [0.1, 0.15) is 11.2 Å². The second kappa shape index (κ2) is 5.78. The monoisotopic (exact) mass is 438 g/mol. The molecule has 6 rings (SSSR count). The zero-order valence-corrected chi connectivity index (χ0v) is 21.9. The summed E-state index contributed by atoms with van der Waals surface area (Å²) in [5, 5.41) is 0. The molecule has 0 amide bonds. The highest BCUT2D eigenvalue weighted by atomic mass is 17.2. The van der Waals surface area contributed by atoms with Crippen LogP contribution in [0.25, 0.3) is 0 Å². The van der Waals surface area contributed by atoms with Crippen LogP contribution in [0.2, 0.25) is 0 Å². The molecule has 0 N–H and O–H groups in total. The van der Waals surface area contributed by atoms with E-state index < -0.39 is 0 Å². The van der Waals surface area contributed by atoms with Crippen LogP contribution in [0.3, 0.4) is 0 Å². The molecule has 0 heterocycles. The third-order valence-electron chi connectivity index (χ3n) is 12.7. The Labute approximate surface area is 196 Å². The zero-order chi connectivity index (χ0) is 23.1. The van der Waals surface area contributed by atoms with Crippen LogP contribution in [0.1, 0.15) is 107 Å². The summed E-state index contributed by atoms with van der Waals surface area (Å²) < 4.78 is 0. The molecule has 4 saturated carbocycles. The highest BCUT2D eigenvalue weighted by molar-refractivity contribution is 5.36. The van der Waals surface area contributed by atoms with Gasteiger partial charge < -0.3 is 0 Å². The van der Waals surface area contributed by atoms with Crippen LogP contribution in [0.15, 0.2) is 24.3 Å². The first-order valence-electron chi connectivity index (χ1n) is 13.5. The van der Waals surface area contributed by atoms with Gasteiger partial charge in [-0.2, -0.15) is 0 Å². The molecular formula is C30H46O2. The van der Waals surface area contributed by atoms with E-state index in [0.29, 0.717) is 44.3 Å². The largest absolute Gasteiger partial charge is 0.225 e. The maximum absolute atomic E-state index is 6.59. The first-order valence-corrected chi connectivity index (χ1v) is 13.5. The van der Waals surface area contributed by atoms with Gasteiger partial charge in [-0.05, 0) is 84.9 Å². The molecule has 2 spiro atoms. The maximum Gasteiger partial charge on any atom is 0.122 e. The van der Waals surface area contributed by atoms with Gasteiger partial charge in [-0.3, -0.25) is 0 Å². The van der Waals surface area contributed by atoms with Gasteiger partial charge in [-0.15, -0.1) is 0 Å². The van der Waals surface area contributed by atoms with E-state index in [1.165, 1.54) is 51.4 Å². The Balaban J connectivity index is 1.28. The Hall–Kier alpha value is -0.600. The van der Waals surface area contributed by atoms with Crippen molar-refractivity contribution in [1.29, 1.82) is 0 Å². The minimum Gasteiger partial charge on any atom is -0.225 e. The first-order chi connectivity index (χ1) is 14.7. The summed E-state index contributed by atoms with van der Waals surface area (Å²) in [6, 6.07) is 0. The molecule has 0 saturated heterocycles. The summed E-state index contributed by atoms with van der Waals surface area (Å²) in [6.07, 6.45) is 20.3. The minimum atomic E-state index is -0.324. The van der Waals surface area contributed by atoms with E-state index >= 15 is 0 Å². The van der Waals surface area contributed by atoms with E-state index in [0.717, 1.165) is 0 Å². The third kappa shape index (κ3) is 2.26. The summed E-state index contributed by atoms with van der Waals surface area (Å²) in [5.74, 6) is 1.11. The fraction of sp³-hybridized carbons (Fsp3) is 0.867. The fourth-order valence-corrected chi connectivity index (χ4v) is 10.6. The third-order valence-corrected chi connectivity index (χ3v) is 12.7. The Kier molecular flexibility index (Phi) is 3.96. The molecule has 8 atom stereocenters. The Bertz CT molecular complexity index is 840. The lowest BCUT2D eigenvalue weighted by Gasteiger charge is -2.56. The molecule has 0 radical (unpaired) electrons. The van der Waals surface area contributed by atoms with Gasteiger partial charge in [0.25, 0.3) is 0 Å². The summed E-state index contributed by atoms with van der Waals surface area (Å²) in [4.78, 5) is 13.2. The van der Waals surface area contributed by atoms with Gasteiger partial charge in [-0.25, -0.2) is 9.78 Å². The molecule has 2 nitrogen and oxygen atoms in total. The van der Waals surface area contributed by atoms with Crippen molar-refractivity contribution in [3.63, 3.8) is 0 Å². The van der Waals surface area contributed by atoms with Crippen LogP contribution >= 0.6 is 0 Å². The number of rotatable bonds is 3. The van der Waals surface area contributed by atoms with Crippen LogP contribution in [-0.4, -0.2) is 11.2 Å². The van der Waals surface area contributed by atoms with Gasteiger partial charge >= 0.3 is 0 Å². The standard InChI is InChI=1S/C30H46O2/c1-23(2)11-9-13-25(5)15-17-27(7,21-19-29(21,23)25)31-32-28(8)18-16-26(6)14-10-12-24(3,4)30(26)20-22(28)30/h15-18,21-22H,9-14,19-20H2,1-8H3/t21-,22-,25-,26-,27?,28?,29-,30-/m0/s1. The van der Waals surface area contributed by atoms with Crippen LogP contribution in [0.4, 0.5) is 0 Å². The van der Waals surface area contributed by atoms with Crippen LogP contribution in [-0.2, 0) is 9.78 Å². The van der Waals surface area contributed by atoms with Crippen molar-refractivity contribution in [2.24, 2.45) is 44.3 Å². The van der Waals surface area contributed by atoms with E-state index in [4.69, 9.17) is 9.78 Å². The predicted molar refractivity (Wildman–Crippen MR) is 130 cm³/mol. The molecular weight excluding hydrogens is 392 g/mol. The summed E-state index contributed by atoms with van der Waals surface area (Å²) in [7, 11) is 0. The second-order valence-corrected chi connectivity index (χ2v) is 15.0. The SMILES string of the molecule is CC1(OOC2(C)C=C[C@]3(C)CCCC(C)(C)[C@@]34C[C@@H]24)C=C[C@]2(C)CCCC(C)(C)[C@@]23C[C@@H]13. The lowest BCUT2D eigenvalue weighted by Crippen LogP contribution is -2.53. The summed E-state index contributed by atoms with van der Waals surface area (Å²) in [5.41, 5.74) is 1.42. The van der Waals surface area contributed by atoms with E-state index in [-0.39, 0.29) is 11.2 Å². The van der Waals surface area contributed by atoms with Crippen LogP contribution in [0.5, 0.6) is 0 Å². The van der Waals surface area contributed by atoms with Crippen molar-refractivity contribution in [3.8, 4) is 0 Å². The lowest BCUT2D eigenvalue weighted by molar-refractivity contribution is -0.402.